The number of nitrogens with zero attached hydrogens (tertiary/aromatic N) is 2. The molecule has 1 aliphatic heterocycles. The number of hydrogen-bond donors (Lipinski definition) is 2. The van der Waals surface area contributed by atoms with Crippen LogP contribution in [0.4, 0.5) is 5.95 Å². The Morgan fingerprint density at radius 2 is 2.27 bits per heavy atom. The van der Waals surface area contributed by atoms with Crippen LogP contribution in [-0.2, 0) is 4.74 Å². The summed E-state index contributed by atoms with van der Waals surface area (Å²) in [5.41, 5.74) is 1.25. The first kappa shape index (κ1) is 18.1. The van der Waals surface area contributed by atoms with E-state index in [0.717, 1.165) is 19.4 Å². The minimum Gasteiger partial charge on any atom is -0.493 e. The monoisotopic (exact) mass is 357 g/mol. The number of carboxylic acids is 1. The molecule has 0 unspecified atom stereocenters. The van der Waals surface area contributed by atoms with Gasteiger partial charge in [0.1, 0.15) is 11.3 Å². The second kappa shape index (κ2) is 7.70. The van der Waals surface area contributed by atoms with Crippen LogP contribution < -0.4 is 10.1 Å². The van der Waals surface area contributed by atoms with Crippen LogP contribution in [0.3, 0.4) is 0 Å². The van der Waals surface area contributed by atoms with Crippen LogP contribution in [0.1, 0.15) is 37.0 Å². The van der Waals surface area contributed by atoms with Crippen LogP contribution in [0.15, 0.2) is 30.5 Å². The van der Waals surface area contributed by atoms with Crippen molar-refractivity contribution in [1.82, 2.24) is 9.97 Å². The molecular formula is C19H23N3O4. The number of ether oxygens (including phenoxy) is 2. The summed E-state index contributed by atoms with van der Waals surface area (Å²) in [6.45, 7) is 5.70. The summed E-state index contributed by atoms with van der Waals surface area (Å²) in [6.07, 6.45) is 3.71. The quantitative estimate of drug-likeness (QED) is 0.786. The maximum atomic E-state index is 11.5. The number of aromatic nitrogens is 2. The molecule has 1 fully saturated rings. The zero-order valence-electron chi connectivity index (χ0n) is 15.0. The van der Waals surface area contributed by atoms with Crippen molar-refractivity contribution in [2.45, 2.75) is 32.3 Å². The molecule has 2 aromatic rings. The predicted octanol–water partition coefficient (Wildman–Crippen LogP) is 3.22. The van der Waals surface area contributed by atoms with Gasteiger partial charge in [0.15, 0.2) is 0 Å². The normalized spacial score (nSPS) is 19.3. The van der Waals surface area contributed by atoms with Crippen molar-refractivity contribution >= 4 is 11.9 Å². The molecule has 2 N–H and O–H groups in total. The number of anilines is 1. The van der Waals surface area contributed by atoms with Crippen molar-refractivity contribution < 1.29 is 19.4 Å². The number of aromatic carboxylic acids is 1. The summed E-state index contributed by atoms with van der Waals surface area (Å²) in [7, 11) is 0. The number of carbonyl (C=O) groups is 1. The van der Waals surface area contributed by atoms with Gasteiger partial charge in [0, 0.05) is 24.9 Å². The van der Waals surface area contributed by atoms with Gasteiger partial charge >= 0.3 is 5.97 Å². The average Bonchev–Trinajstić information content (AvgIpc) is 3.08. The maximum Gasteiger partial charge on any atom is 0.339 e. The molecule has 0 saturated carbocycles. The van der Waals surface area contributed by atoms with Crippen LogP contribution in [-0.4, -0.2) is 46.4 Å². The third-order valence-electron chi connectivity index (χ3n) is 4.38. The molecule has 7 nitrogen and oxygen atoms in total. The largest absolute Gasteiger partial charge is 0.493 e. The number of hydrogen-bond acceptors (Lipinski definition) is 6. The molecule has 0 amide bonds. The van der Waals surface area contributed by atoms with Crippen molar-refractivity contribution in [3.8, 4) is 17.0 Å². The lowest BCUT2D eigenvalue weighted by molar-refractivity contribution is 0.0314. The minimum absolute atomic E-state index is 0.115. The summed E-state index contributed by atoms with van der Waals surface area (Å²) in [4.78, 5) is 20.2. The Kier molecular flexibility index (Phi) is 5.37. The van der Waals surface area contributed by atoms with Crippen LogP contribution in [0.5, 0.6) is 5.75 Å². The van der Waals surface area contributed by atoms with Crippen molar-refractivity contribution in [1.29, 1.82) is 0 Å². The van der Waals surface area contributed by atoms with Crippen molar-refractivity contribution in [3.05, 3.63) is 36.0 Å². The van der Waals surface area contributed by atoms with E-state index >= 15 is 0 Å². The molecule has 0 aliphatic carbocycles. The van der Waals surface area contributed by atoms with E-state index in [4.69, 9.17) is 9.47 Å². The van der Waals surface area contributed by atoms with E-state index in [1.807, 2.05) is 6.92 Å². The summed E-state index contributed by atoms with van der Waals surface area (Å²) < 4.78 is 11.1. The van der Waals surface area contributed by atoms with Gasteiger partial charge in [0.25, 0.3) is 0 Å². The highest BCUT2D eigenvalue weighted by atomic mass is 16.5. The van der Waals surface area contributed by atoms with Crippen LogP contribution in [0, 0.1) is 0 Å². The van der Waals surface area contributed by atoms with Gasteiger partial charge in [-0.05, 0) is 51.0 Å². The first-order valence-electron chi connectivity index (χ1n) is 8.72. The lowest BCUT2D eigenvalue weighted by Crippen LogP contribution is -2.33. The van der Waals surface area contributed by atoms with E-state index in [1.54, 1.807) is 30.5 Å². The van der Waals surface area contributed by atoms with E-state index in [9.17, 15) is 9.90 Å². The summed E-state index contributed by atoms with van der Waals surface area (Å²) in [5, 5.41) is 12.6. The topological polar surface area (TPSA) is 93.6 Å². The lowest BCUT2D eigenvalue weighted by atomic mass is 10.0. The molecule has 1 saturated heterocycles. The molecule has 26 heavy (non-hydrogen) atoms. The van der Waals surface area contributed by atoms with Gasteiger partial charge in [0.2, 0.25) is 5.95 Å². The first-order chi connectivity index (χ1) is 12.5. The smallest absolute Gasteiger partial charge is 0.339 e. The summed E-state index contributed by atoms with van der Waals surface area (Å²) in [5.74, 6) is -0.193. The Balaban J connectivity index is 1.81. The Bertz CT molecular complexity index is 788. The number of carboxylic acid groups (broad SMARTS) is 1. The first-order valence-corrected chi connectivity index (χ1v) is 8.72. The zero-order chi connectivity index (χ0) is 18.6. The second-order valence-electron chi connectivity index (χ2n) is 6.47. The van der Waals surface area contributed by atoms with Crippen molar-refractivity contribution in [2.75, 3.05) is 25.1 Å². The van der Waals surface area contributed by atoms with Gasteiger partial charge in [-0.15, -0.1) is 0 Å². The van der Waals surface area contributed by atoms with Crippen LogP contribution in [0.25, 0.3) is 11.3 Å². The molecule has 1 aromatic carbocycles. The molecule has 1 aliphatic rings. The number of nitrogens with one attached hydrogen (secondary N) is 1. The molecule has 138 valence electrons. The maximum absolute atomic E-state index is 11.5. The average molecular weight is 357 g/mol. The van der Waals surface area contributed by atoms with E-state index in [-0.39, 0.29) is 11.2 Å². The van der Waals surface area contributed by atoms with Crippen LogP contribution in [0.2, 0.25) is 0 Å². The molecular weight excluding hydrogens is 334 g/mol. The van der Waals surface area contributed by atoms with Gasteiger partial charge in [0.05, 0.1) is 17.9 Å². The molecule has 0 radical (unpaired) electrons. The fourth-order valence-electron chi connectivity index (χ4n) is 2.98. The number of benzene rings is 1. The highest BCUT2D eigenvalue weighted by Gasteiger charge is 2.29. The molecule has 0 bridgehead atoms. The lowest BCUT2D eigenvalue weighted by Gasteiger charge is -2.23. The third-order valence-corrected chi connectivity index (χ3v) is 4.38. The van der Waals surface area contributed by atoms with E-state index in [0.29, 0.717) is 36.1 Å². The Hall–Kier alpha value is -2.67. The number of rotatable bonds is 7. The third kappa shape index (κ3) is 4.11. The molecule has 3 rings (SSSR count). The van der Waals surface area contributed by atoms with E-state index < -0.39 is 5.97 Å². The standard InChI is InChI=1S/C19H23N3O4/c1-3-25-16-6-5-13(11-14(16)17(23)24)15-7-9-20-18(22-15)21-12-19(2)8-4-10-26-19/h5-7,9,11H,3-4,8,10,12H2,1-2H3,(H,23,24)(H,20,21,22)/t19-/m0/s1. The highest BCUT2D eigenvalue weighted by molar-refractivity contribution is 5.92. The second-order valence-corrected chi connectivity index (χ2v) is 6.47. The predicted molar refractivity (Wildman–Crippen MR) is 97.7 cm³/mol. The Morgan fingerprint density at radius 3 is 2.96 bits per heavy atom. The van der Waals surface area contributed by atoms with Gasteiger partial charge in [-0.25, -0.2) is 14.8 Å². The van der Waals surface area contributed by atoms with E-state index in [2.05, 4.69) is 22.2 Å². The van der Waals surface area contributed by atoms with Gasteiger partial charge < -0.3 is 19.9 Å². The minimum atomic E-state index is -1.03. The highest BCUT2D eigenvalue weighted by Crippen LogP contribution is 2.27. The molecule has 7 heteroatoms. The van der Waals surface area contributed by atoms with Gasteiger partial charge in [-0.2, -0.15) is 0 Å². The summed E-state index contributed by atoms with van der Waals surface area (Å²) in [6, 6.07) is 6.77. The van der Waals surface area contributed by atoms with Crippen LogP contribution >= 0.6 is 0 Å². The van der Waals surface area contributed by atoms with Crippen molar-refractivity contribution in [2.24, 2.45) is 0 Å². The molecule has 0 spiro atoms. The zero-order valence-corrected chi connectivity index (χ0v) is 15.0. The molecule has 1 atom stereocenters. The fraction of sp³-hybridized carbons (Fsp3) is 0.421. The van der Waals surface area contributed by atoms with Crippen molar-refractivity contribution in [3.63, 3.8) is 0 Å². The SMILES string of the molecule is CCOc1ccc(-c2ccnc(NC[C@]3(C)CCCO3)n2)cc1C(=O)O. The Labute approximate surface area is 152 Å². The fourth-order valence-corrected chi connectivity index (χ4v) is 2.98. The molecule has 2 heterocycles. The van der Waals surface area contributed by atoms with Gasteiger partial charge in [-0.1, -0.05) is 0 Å². The van der Waals surface area contributed by atoms with Gasteiger partial charge in [-0.3, -0.25) is 0 Å². The summed E-state index contributed by atoms with van der Waals surface area (Å²) >= 11 is 0. The molecule has 1 aromatic heterocycles. The van der Waals surface area contributed by atoms with E-state index in [1.165, 1.54) is 0 Å². The Morgan fingerprint density at radius 1 is 1.42 bits per heavy atom.